The fraction of sp³-hybridized carbons (Fsp3) is 0.429. The van der Waals surface area contributed by atoms with Crippen molar-refractivity contribution in [2.75, 3.05) is 20.8 Å². The molecular weight excluding hydrogens is 626 g/mol. The van der Waals surface area contributed by atoms with Gasteiger partial charge in [-0.25, -0.2) is 9.59 Å². The van der Waals surface area contributed by atoms with E-state index in [1.807, 2.05) is 13.0 Å². The summed E-state index contributed by atoms with van der Waals surface area (Å²) < 4.78 is 40.0. The summed E-state index contributed by atoms with van der Waals surface area (Å²) in [4.78, 5) is 25.7. The first-order valence-electron chi connectivity index (χ1n) is 15.4. The number of aliphatic hydroxyl groups excluding tert-OH is 2. The van der Waals surface area contributed by atoms with Gasteiger partial charge in [-0.3, -0.25) is 0 Å². The highest BCUT2D eigenvalue weighted by molar-refractivity contribution is 6.08. The van der Waals surface area contributed by atoms with Gasteiger partial charge in [-0.15, -0.1) is 0 Å². The van der Waals surface area contributed by atoms with Crippen molar-refractivity contribution < 1.29 is 58.1 Å². The van der Waals surface area contributed by atoms with E-state index in [1.54, 1.807) is 38.3 Å². The average molecular weight is 660 g/mol. The first-order chi connectivity index (χ1) is 23.0. The Bertz CT molecular complexity index is 1880. The molecule has 3 fully saturated rings. The molecule has 2 aromatic carbocycles. The second kappa shape index (κ2) is 12.1. The smallest absolute Gasteiger partial charge is 0.507 e. The largest absolute Gasteiger partial charge is 0.508 e. The molecule has 3 aliphatic heterocycles. The van der Waals surface area contributed by atoms with Gasteiger partial charge in [0.15, 0.2) is 24.6 Å². The Balaban J connectivity index is 1.27. The van der Waals surface area contributed by atoms with Crippen LogP contribution in [0.3, 0.4) is 0 Å². The highest BCUT2D eigenvalue weighted by Crippen LogP contribution is 2.44. The molecule has 13 nitrogen and oxygen atoms in total. The van der Waals surface area contributed by atoms with Gasteiger partial charge in [-0.1, -0.05) is 29.7 Å². The summed E-state index contributed by atoms with van der Waals surface area (Å²) in [6.07, 6.45) is -5.56. The summed E-state index contributed by atoms with van der Waals surface area (Å²) in [5, 5.41) is 36.3. The van der Waals surface area contributed by atoms with Crippen LogP contribution in [0.2, 0.25) is 0 Å². The number of phenols is 1. The number of hydrogen-bond acceptors (Lipinski definition) is 13. The lowest BCUT2D eigenvalue weighted by atomic mass is 9.97. The van der Waals surface area contributed by atoms with Crippen molar-refractivity contribution in [2.45, 2.75) is 74.5 Å². The predicted octanol–water partition coefficient (Wildman–Crippen LogP) is 1.39. The molecule has 7 rings (SSSR count). The zero-order chi connectivity index (χ0) is 33.9. The number of phenolic OH excluding ortho intramolecular Hbond substituents is 1. The standard InChI is InChI=1S/C35H33NO12/c1-16-12-19(42-4)14-22-20(16)8-9-23(37)27(22)32(40)45-24-13-18-10-11-35(26-15-43-34(41)46-26)25(48-35)7-5-6-21(18)31(24)47-33-28(36-3)30(39)29(38)17(2)44-33/h6,8-9,12-14,17,24-26,28-31,33,36-39H,15H2,1-4H3/b21-6+/t17?,24?,25?,26?,28?,29?,30?,31-,33?,35-/m1/s1. The van der Waals surface area contributed by atoms with Crippen molar-refractivity contribution in [1.29, 1.82) is 0 Å². The highest BCUT2D eigenvalue weighted by atomic mass is 16.8. The first-order valence-corrected chi connectivity index (χ1v) is 15.4. The van der Waals surface area contributed by atoms with Gasteiger partial charge in [-0.2, -0.15) is 0 Å². The number of cyclic esters (lactones) is 2. The molecular formula is C35H33NO12. The van der Waals surface area contributed by atoms with Crippen molar-refractivity contribution in [3.63, 3.8) is 0 Å². The molecule has 0 aromatic heterocycles. The molecule has 4 N–H and O–H groups in total. The average Bonchev–Trinajstić information content (AvgIpc) is 3.39. The lowest BCUT2D eigenvalue weighted by Crippen LogP contribution is -2.62. The molecule has 0 spiro atoms. The van der Waals surface area contributed by atoms with E-state index in [0.717, 1.165) is 10.9 Å². The van der Waals surface area contributed by atoms with Crippen LogP contribution in [0.1, 0.15) is 22.8 Å². The number of nitrogens with one attached hydrogen (secondary N) is 1. The summed E-state index contributed by atoms with van der Waals surface area (Å²) in [5.74, 6) is 11.4. The number of esters is 1. The molecule has 8 unspecified atom stereocenters. The van der Waals surface area contributed by atoms with Gasteiger partial charge < -0.3 is 53.8 Å². The van der Waals surface area contributed by atoms with E-state index in [2.05, 4.69) is 29.0 Å². The zero-order valence-electron chi connectivity index (χ0n) is 26.4. The lowest BCUT2D eigenvalue weighted by molar-refractivity contribution is -0.273. The number of carbonyl (C=O) groups excluding carboxylic acids is 2. The number of epoxide rings is 1. The minimum Gasteiger partial charge on any atom is -0.507 e. The number of allylic oxidation sites excluding steroid dienone is 1. The molecule has 0 radical (unpaired) electrons. The minimum absolute atomic E-state index is 0.0490. The maximum absolute atomic E-state index is 14.0. The Kier molecular flexibility index (Phi) is 8.08. The fourth-order valence-electron chi connectivity index (χ4n) is 6.50. The van der Waals surface area contributed by atoms with E-state index < -0.39 is 72.8 Å². The minimum atomic E-state index is -1.24. The molecule has 0 amide bonds. The third-order valence-electron chi connectivity index (χ3n) is 9.23. The number of fused-ring (bicyclic) bond motifs is 3. The molecule has 13 heteroatoms. The number of likely N-dealkylation sites (N-methyl/N-ethyl adjacent to an activating group) is 1. The second-order valence-electron chi connectivity index (χ2n) is 12.1. The third kappa shape index (κ3) is 5.35. The summed E-state index contributed by atoms with van der Waals surface area (Å²) >= 11 is 0. The normalized spacial score (nSPS) is 35.7. The number of aromatic hydroxyl groups is 1. The van der Waals surface area contributed by atoms with Gasteiger partial charge in [0, 0.05) is 16.5 Å². The quantitative estimate of drug-likeness (QED) is 0.191. The Morgan fingerprint density at radius 3 is 2.71 bits per heavy atom. The first kappa shape index (κ1) is 32.0. The highest BCUT2D eigenvalue weighted by Gasteiger charge is 2.65. The molecule has 48 heavy (non-hydrogen) atoms. The Morgan fingerprint density at radius 2 is 1.98 bits per heavy atom. The topological polar surface area (TPSA) is 175 Å². The summed E-state index contributed by atoms with van der Waals surface area (Å²) in [6, 6.07) is 5.74. The molecule has 10 atom stereocenters. The number of aryl methyl sites for hydroxylation is 1. The number of aliphatic hydroxyl groups is 2. The predicted molar refractivity (Wildman–Crippen MR) is 166 cm³/mol. The van der Waals surface area contributed by atoms with E-state index in [-0.39, 0.29) is 17.9 Å². The van der Waals surface area contributed by atoms with Crippen LogP contribution in [0.15, 0.2) is 47.6 Å². The van der Waals surface area contributed by atoms with Crippen molar-refractivity contribution in [1.82, 2.24) is 5.32 Å². The SMILES string of the molecule is CNC1C(O[C@@H]2/C3=C/C#CC4O[C@]4(C4COC(=O)O4)C#CC3=CC2OC(=O)c2c(O)ccc3c(C)cc(OC)cc23)OC(C)C(O)C1O. The monoisotopic (exact) mass is 659 g/mol. The number of rotatable bonds is 7. The molecule has 3 saturated heterocycles. The number of ether oxygens (including phenoxy) is 7. The van der Waals surface area contributed by atoms with Crippen molar-refractivity contribution in [3.8, 4) is 35.2 Å². The molecule has 0 bridgehead atoms. The van der Waals surface area contributed by atoms with E-state index in [1.165, 1.54) is 13.2 Å². The Morgan fingerprint density at radius 1 is 1.17 bits per heavy atom. The second-order valence-corrected chi connectivity index (χ2v) is 12.1. The molecule has 250 valence electrons. The third-order valence-corrected chi connectivity index (χ3v) is 9.23. The lowest BCUT2D eigenvalue weighted by Gasteiger charge is -2.42. The summed E-state index contributed by atoms with van der Waals surface area (Å²) in [7, 11) is 3.10. The van der Waals surface area contributed by atoms with E-state index >= 15 is 0 Å². The van der Waals surface area contributed by atoms with Crippen LogP contribution < -0.4 is 10.1 Å². The molecule has 5 aliphatic rings. The maximum atomic E-state index is 14.0. The van der Waals surface area contributed by atoms with Gasteiger partial charge >= 0.3 is 12.1 Å². The van der Waals surface area contributed by atoms with Crippen LogP contribution in [0, 0.1) is 30.6 Å². The fourth-order valence-corrected chi connectivity index (χ4v) is 6.50. The van der Waals surface area contributed by atoms with Crippen molar-refractivity contribution in [3.05, 3.63) is 58.7 Å². The summed E-state index contributed by atoms with van der Waals surface area (Å²) in [5.41, 5.74) is 0.400. The Hall–Kier alpha value is -4.60. The molecule has 0 saturated carbocycles. The Labute approximate surface area is 275 Å². The molecule has 2 aromatic rings. The van der Waals surface area contributed by atoms with Crippen molar-refractivity contribution >= 4 is 22.9 Å². The van der Waals surface area contributed by atoms with Gasteiger partial charge in [-0.05, 0) is 62.2 Å². The van der Waals surface area contributed by atoms with E-state index in [4.69, 9.17) is 33.2 Å². The molecule has 2 aliphatic carbocycles. The van der Waals surface area contributed by atoms with Crippen molar-refractivity contribution in [2.24, 2.45) is 0 Å². The van der Waals surface area contributed by atoms with Gasteiger partial charge in [0.05, 0.1) is 19.3 Å². The van der Waals surface area contributed by atoms with Crippen LogP contribution in [0.25, 0.3) is 10.8 Å². The zero-order valence-corrected chi connectivity index (χ0v) is 26.4. The van der Waals surface area contributed by atoms with Gasteiger partial charge in [0.25, 0.3) is 0 Å². The van der Waals surface area contributed by atoms with Gasteiger partial charge in [0.1, 0.15) is 42.0 Å². The summed E-state index contributed by atoms with van der Waals surface area (Å²) in [6.45, 7) is 3.42. The molecule has 3 heterocycles. The number of carbonyl (C=O) groups is 2. The number of methoxy groups -OCH3 is 1. The number of benzene rings is 2. The van der Waals surface area contributed by atoms with E-state index in [9.17, 15) is 24.9 Å². The number of hydrogen-bond donors (Lipinski definition) is 4. The van der Waals surface area contributed by atoms with E-state index in [0.29, 0.717) is 22.3 Å². The van der Waals surface area contributed by atoms with Crippen LogP contribution >= 0.6 is 0 Å². The van der Waals surface area contributed by atoms with Crippen LogP contribution in [0.5, 0.6) is 11.5 Å². The maximum Gasteiger partial charge on any atom is 0.508 e. The van der Waals surface area contributed by atoms with Crippen LogP contribution in [-0.4, -0.2) is 109 Å². The van der Waals surface area contributed by atoms with Gasteiger partial charge in [0.2, 0.25) is 5.60 Å². The van der Waals surface area contributed by atoms with Crippen LogP contribution in [0.4, 0.5) is 4.79 Å². The van der Waals surface area contributed by atoms with Crippen LogP contribution in [-0.2, 0) is 28.4 Å².